The number of aryl methyl sites for hydroxylation is 1. The maximum absolute atomic E-state index is 4.60. The molecule has 0 fully saturated rings. The first-order valence-corrected chi connectivity index (χ1v) is 5.94. The van der Waals surface area contributed by atoms with E-state index in [1.54, 1.807) is 17.0 Å². The van der Waals surface area contributed by atoms with Crippen LogP contribution in [0.5, 0.6) is 0 Å². The SMILES string of the molecule is Cc1[nH]ncc1-c1nn2cnnc2c2ccccc12. The van der Waals surface area contributed by atoms with E-state index >= 15 is 0 Å². The van der Waals surface area contributed by atoms with Crippen molar-refractivity contribution in [1.82, 2.24) is 30.0 Å². The highest BCUT2D eigenvalue weighted by atomic mass is 15.3. The number of hydrogen-bond acceptors (Lipinski definition) is 4. The summed E-state index contributed by atoms with van der Waals surface area (Å²) >= 11 is 0. The number of aromatic amines is 1. The Bertz CT molecular complexity index is 888. The van der Waals surface area contributed by atoms with Crippen LogP contribution in [0.15, 0.2) is 36.8 Å². The lowest BCUT2D eigenvalue weighted by molar-refractivity contribution is 0.941. The molecule has 6 nitrogen and oxygen atoms in total. The molecule has 0 saturated carbocycles. The van der Waals surface area contributed by atoms with Crippen LogP contribution in [0.2, 0.25) is 0 Å². The third-order valence-corrected chi connectivity index (χ3v) is 3.25. The van der Waals surface area contributed by atoms with Crippen LogP contribution >= 0.6 is 0 Å². The van der Waals surface area contributed by atoms with E-state index < -0.39 is 0 Å². The first-order chi connectivity index (χ1) is 9.34. The molecule has 0 amide bonds. The number of aromatic nitrogens is 6. The van der Waals surface area contributed by atoms with Crippen molar-refractivity contribution in [3.8, 4) is 11.3 Å². The van der Waals surface area contributed by atoms with Crippen LogP contribution in [0, 0.1) is 6.92 Å². The zero-order chi connectivity index (χ0) is 12.8. The molecule has 4 rings (SSSR count). The van der Waals surface area contributed by atoms with E-state index in [9.17, 15) is 0 Å². The van der Waals surface area contributed by atoms with Gasteiger partial charge < -0.3 is 0 Å². The van der Waals surface area contributed by atoms with Crippen molar-refractivity contribution < 1.29 is 0 Å². The highest BCUT2D eigenvalue weighted by Crippen LogP contribution is 2.29. The molecule has 1 aromatic carbocycles. The average Bonchev–Trinajstić information content (AvgIpc) is 3.06. The summed E-state index contributed by atoms with van der Waals surface area (Å²) in [6, 6.07) is 8.05. The molecule has 0 radical (unpaired) electrons. The molecule has 0 aliphatic rings. The van der Waals surface area contributed by atoms with Crippen molar-refractivity contribution in [3.63, 3.8) is 0 Å². The Morgan fingerprint density at radius 3 is 2.79 bits per heavy atom. The van der Waals surface area contributed by atoms with E-state index in [-0.39, 0.29) is 0 Å². The molecule has 0 aliphatic heterocycles. The molecule has 0 bridgehead atoms. The molecule has 92 valence electrons. The van der Waals surface area contributed by atoms with Gasteiger partial charge in [0.05, 0.1) is 6.20 Å². The normalized spacial score (nSPS) is 11.4. The van der Waals surface area contributed by atoms with E-state index in [1.165, 1.54) is 0 Å². The maximum Gasteiger partial charge on any atom is 0.185 e. The Labute approximate surface area is 108 Å². The second-order valence-electron chi connectivity index (χ2n) is 4.40. The fourth-order valence-corrected chi connectivity index (χ4v) is 2.31. The van der Waals surface area contributed by atoms with Crippen molar-refractivity contribution >= 4 is 16.4 Å². The summed E-state index contributed by atoms with van der Waals surface area (Å²) in [5, 5.41) is 21.7. The van der Waals surface area contributed by atoms with Crippen LogP contribution in [-0.4, -0.2) is 30.0 Å². The Balaban J connectivity index is 2.21. The highest BCUT2D eigenvalue weighted by molar-refractivity contribution is 6.01. The van der Waals surface area contributed by atoms with Gasteiger partial charge in [0.1, 0.15) is 12.0 Å². The molecule has 1 N–H and O–H groups in total. The minimum absolute atomic E-state index is 0.764. The molecule has 19 heavy (non-hydrogen) atoms. The van der Waals surface area contributed by atoms with Gasteiger partial charge in [-0.2, -0.15) is 14.7 Å². The van der Waals surface area contributed by atoms with Crippen molar-refractivity contribution in [3.05, 3.63) is 42.5 Å². The van der Waals surface area contributed by atoms with Gasteiger partial charge in [0.2, 0.25) is 0 Å². The number of fused-ring (bicyclic) bond motifs is 3. The lowest BCUT2D eigenvalue weighted by Gasteiger charge is -2.06. The topological polar surface area (TPSA) is 71.8 Å². The van der Waals surface area contributed by atoms with Crippen LogP contribution in [0.3, 0.4) is 0 Å². The highest BCUT2D eigenvalue weighted by Gasteiger charge is 2.13. The van der Waals surface area contributed by atoms with Gasteiger partial charge in [0, 0.05) is 22.0 Å². The number of hydrogen-bond donors (Lipinski definition) is 1. The van der Waals surface area contributed by atoms with Gasteiger partial charge in [-0.25, -0.2) is 0 Å². The van der Waals surface area contributed by atoms with Crippen LogP contribution < -0.4 is 0 Å². The van der Waals surface area contributed by atoms with E-state index in [4.69, 9.17) is 0 Å². The standard InChI is InChI=1S/C13H10N6/c1-8-11(6-14-16-8)12-9-4-2-3-5-10(9)13-17-15-7-19(13)18-12/h2-7H,1H3,(H,14,16). The largest absolute Gasteiger partial charge is 0.282 e. The third-order valence-electron chi connectivity index (χ3n) is 3.25. The van der Waals surface area contributed by atoms with Crippen molar-refractivity contribution in [2.24, 2.45) is 0 Å². The Hall–Kier alpha value is -2.76. The Morgan fingerprint density at radius 1 is 1.16 bits per heavy atom. The number of H-pyrrole nitrogens is 1. The fourth-order valence-electron chi connectivity index (χ4n) is 2.31. The monoisotopic (exact) mass is 250 g/mol. The number of nitrogens with zero attached hydrogens (tertiary/aromatic N) is 5. The summed E-state index contributed by atoms with van der Waals surface area (Å²) in [6.45, 7) is 1.98. The minimum atomic E-state index is 0.764. The lowest BCUT2D eigenvalue weighted by Crippen LogP contribution is -1.96. The summed E-state index contributed by atoms with van der Waals surface area (Å²) < 4.78 is 1.70. The van der Waals surface area contributed by atoms with Crippen LogP contribution in [0.4, 0.5) is 0 Å². The van der Waals surface area contributed by atoms with Crippen LogP contribution in [-0.2, 0) is 0 Å². The van der Waals surface area contributed by atoms with E-state index in [0.717, 1.165) is 33.4 Å². The maximum atomic E-state index is 4.60. The van der Waals surface area contributed by atoms with Gasteiger partial charge in [-0.1, -0.05) is 24.3 Å². The number of rotatable bonds is 1. The third kappa shape index (κ3) is 1.36. The fraction of sp³-hybridized carbons (Fsp3) is 0.0769. The molecule has 0 saturated heterocycles. The van der Waals surface area contributed by atoms with E-state index in [0.29, 0.717) is 0 Å². The molecular weight excluding hydrogens is 240 g/mol. The average molecular weight is 250 g/mol. The van der Waals surface area contributed by atoms with Crippen LogP contribution in [0.1, 0.15) is 5.69 Å². The van der Waals surface area contributed by atoms with Gasteiger partial charge in [-0.05, 0) is 6.92 Å². The zero-order valence-corrected chi connectivity index (χ0v) is 10.2. The smallest absolute Gasteiger partial charge is 0.185 e. The molecular formula is C13H10N6. The summed E-state index contributed by atoms with van der Waals surface area (Å²) in [5.74, 6) is 0. The zero-order valence-electron chi connectivity index (χ0n) is 10.2. The van der Waals surface area contributed by atoms with Crippen LogP contribution in [0.25, 0.3) is 27.7 Å². The second kappa shape index (κ2) is 3.61. The van der Waals surface area contributed by atoms with E-state index in [2.05, 4.69) is 25.5 Å². The predicted octanol–water partition coefficient (Wildman–Crippen LogP) is 1.98. The number of benzene rings is 1. The summed E-state index contributed by atoms with van der Waals surface area (Å²) in [6.07, 6.45) is 3.40. The second-order valence-corrected chi connectivity index (χ2v) is 4.40. The first-order valence-electron chi connectivity index (χ1n) is 5.94. The van der Waals surface area contributed by atoms with Crippen molar-refractivity contribution in [1.29, 1.82) is 0 Å². The summed E-state index contributed by atoms with van der Waals surface area (Å²) in [4.78, 5) is 0. The summed E-state index contributed by atoms with van der Waals surface area (Å²) in [5.41, 5.74) is 3.63. The number of nitrogens with one attached hydrogen (secondary N) is 1. The predicted molar refractivity (Wildman–Crippen MR) is 70.6 cm³/mol. The van der Waals surface area contributed by atoms with Crippen molar-refractivity contribution in [2.75, 3.05) is 0 Å². The van der Waals surface area contributed by atoms with Gasteiger partial charge in [0.25, 0.3) is 0 Å². The minimum Gasteiger partial charge on any atom is -0.282 e. The molecule has 0 atom stereocenters. The molecule has 3 aromatic heterocycles. The van der Waals surface area contributed by atoms with Gasteiger partial charge in [-0.15, -0.1) is 10.2 Å². The first kappa shape index (κ1) is 10.2. The molecule has 0 unspecified atom stereocenters. The molecule has 0 aliphatic carbocycles. The molecule has 0 spiro atoms. The van der Waals surface area contributed by atoms with E-state index in [1.807, 2.05) is 31.2 Å². The van der Waals surface area contributed by atoms with Gasteiger partial charge in [0.15, 0.2) is 5.65 Å². The quantitative estimate of drug-likeness (QED) is 0.560. The van der Waals surface area contributed by atoms with Gasteiger partial charge >= 0.3 is 0 Å². The van der Waals surface area contributed by atoms with Gasteiger partial charge in [-0.3, -0.25) is 5.10 Å². The van der Waals surface area contributed by atoms with Crippen molar-refractivity contribution in [2.45, 2.75) is 6.92 Å². The molecule has 6 heteroatoms. The Kier molecular flexibility index (Phi) is 1.94. The Morgan fingerprint density at radius 2 is 2.00 bits per heavy atom. The molecule has 4 aromatic rings. The summed E-state index contributed by atoms with van der Waals surface area (Å²) in [7, 11) is 0. The molecule has 3 heterocycles. The lowest BCUT2D eigenvalue weighted by atomic mass is 10.1.